The summed E-state index contributed by atoms with van der Waals surface area (Å²) in [5.74, 6) is 2.89. The summed E-state index contributed by atoms with van der Waals surface area (Å²) >= 11 is 1.88. The van der Waals surface area contributed by atoms with E-state index in [1.807, 2.05) is 53.1 Å². The number of ether oxygens (including phenoxy) is 4. The molecule has 3 aromatic carbocycles. The van der Waals surface area contributed by atoms with Crippen molar-refractivity contribution in [1.29, 1.82) is 0 Å². The summed E-state index contributed by atoms with van der Waals surface area (Å²) in [5, 5.41) is 0. The van der Waals surface area contributed by atoms with Crippen molar-refractivity contribution in [3.63, 3.8) is 0 Å². The van der Waals surface area contributed by atoms with Gasteiger partial charge in [0.1, 0.15) is 11.5 Å². The minimum Gasteiger partial charge on any atom is -0.497 e. The van der Waals surface area contributed by atoms with Gasteiger partial charge in [0.15, 0.2) is 5.79 Å². The molecule has 6 nitrogen and oxygen atoms in total. The van der Waals surface area contributed by atoms with E-state index in [0.717, 1.165) is 35.8 Å². The molecule has 1 saturated heterocycles. The van der Waals surface area contributed by atoms with Crippen LogP contribution in [0, 0.1) is 0 Å². The highest BCUT2D eigenvalue weighted by molar-refractivity contribution is 7.98. The van der Waals surface area contributed by atoms with Gasteiger partial charge in [-0.15, -0.1) is 0 Å². The molecule has 38 heavy (non-hydrogen) atoms. The molecule has 0 spiro atoms. The highest BCUT2D eigenvalue weighted by Crippen LogP contribution is 2.33. The third-order valence-electron chi connectivity index (χ3n) is 6.80. The fourth-order valence-corrected chi connectivity index (χ4v) is 5.64. The van der Waals surface area contributed by atoms with Gasteiger partial charge in [0, 0.05) is 30.3 Å². The Labute approximate surface area is 228 Å². The third-order valence-corrected chi connectivity index (χ3v) is 7.94. The highest BCUT2D eigenvalue weighted by atomic mass is 32.2. The van der Waals surface area contributed by atoms with Crippen molar-refractivity contribution >= 4 is 11.8 Å². The van der Waals surface area contributed by atoms with Crippen LogP contribution in [0.3, 0.4) is 0 Å². The molecule has 1 aromatic heterocycles. The SMILES string of the molecule is COc1ccc(CCC2(Cn3ccnc3)OCC(CSCc3ccc(-c4ccc(OC)cc4)cc3)O2)cc1. The van der Waals surface area contributed by atoms with Crippen LogP contribution >= 0.6 is 11.8 Å². The number of benzene rings is 3. The van der Waals surface area contributed by atoms with Crippen LogP contribution in [-0.2, 0) is 28.2 Å². The molecular formula is C31H34N2O4S. The maximum atomic E-state index is 6.60. The number of thioether (sulfide) groups is 1. The van der Waals surface area contributed by atoms with Crippen LogP contribution in [-0.4, -0.2) is 48.0 Å². The summed E-state index contributed by atoms with van der Waals surface area (Å²) in [7, 11) is 3.37. The van der Waals surface area contributed by atoms with Gasteiger partial charge < -0.3 is 23.5 Å². The van der Waals surface area contributed by atoms with E-state index in [0.29, 0.717) is 13.2 Å². The van der Waals surface area contributed by atoms with Crippen LogP contribution < -0.4 is 9.47 Å². The monoisotopic (exact) mass is 530 g/mol. The van der Waals surface area contributed by atoms with Gasteiger partial charge in [0.2, 0.25) is 0 Å². The van der Waals surface area contributed by atoms with Gasteiger partial charge in [-0.2, -0.15) is 11.8 Å². The zero-order chi connectivity index (χ0) is 26.2. The molecule has 0 radical (unpaired) electrons. The Morgan fingerprint density at radius 1 is 0.895 bits per heavy atom. The van der Waals surface area contributed by atoms with E-state index in [-0.39, 0.29) is 6.10 Å². The van der Waals surface area contributed by atoms with Crippen LogP contribution in [0.5, 0.6) is 11.5 Å². The van der Waals surface area contributed by atoms with Crippen LogP contribution in [0.1, 0.15) is 17.5 Å². The largest absolute Gasteiger partial charge is 0.497 e. The maximum Gasteiger partial charge on any atom is 0.187 e. The second-order valence-corrected chi connectivity index (χ2v) is 10.5. The summed E-state index contributed by atoms with van der Waals surface area (Å²) in [6.07, 6.45) is 7.25. The van der Waals surface area contributed by atoms with Gasteiger partial charge >= 0.3 is 0 Å². The Kier molecular flexibility index (Phi) is 8.68. The fraction of sp³-hybridized carbons (Fsp3) is 0.323. The number of aryl methyl sites for hydroxylation is 1. The highest BCUT2D eigenvalue weighted by Gasteiger charge is 2.41. The van der Waals surface area contributed by atoms with Gasteiger partial charge in [0.05, 0.1) is 39.8 Å². The fourth-order valence-electron chi connectivity index (χ4n) is 4.66. The molecule has 198 valence electrons. The Bertz CT molecular complexity index is 1260. The first-order chi connectivity index (χ1) is 18.6. The molecule has 0 bridgehead atoms. The molecule has 5 rings (SSSR count). The molecule has 2 heterocycles. The lowest BCUT2D eigenvalue weighted by molar-refractivity contribution is -0.180. The van der Waals surface area contributed by atoms with Gasteiger partial charge in [-0.1, -0.05) is 48.5 Å². The van der Waals surface area contributed by atoms with E-state index in [1.165, 1.54) is 22.3 Å². The Morgan fingerprint density at radius 2 is 1.53 bits per heavy atom. The number of imidazole rings is 1. The molecule has 0 aliphatic carbocycles. The lowest BCUT2D eigenvalue weighted by Crippen LogP contribution is -2.37. The van der Waals surface area contributed by atoms with Crippen LogP contribution in [0.4, 0.5) is 0 Å². The van der Waals surface area contributed by atoms with E-state index < -0.39 is 5.79 Å². The van der Waals surface area contributed by atoms with E-state index in [9.17, 15) is 0 Å². The number of hydrogen-bond donors (Lipinski definition) is 0. The van der Waals surface area contributed by atoms with E-state index in [4.69, 9.17) is 18.9 Å². The van der Waals surface area contributed by atoms with E-state index in [2.05, 4.69) is 53.5 Å². The van der Waals surface area contributed by atoms with Crippen molar-refractivity contribution in [3.8, 4) is 22.6 Å². The summed E-state index contributed by atoms with van der Waals surface area (Å²) in [6.45, 7) is 1.22. The predicted molar refractivity (Wildman–Crippen MR) is 152 cm³/mol. The molecule has 0 saturated carbocycles. The van der Waals surface area contributed by atoms with E-state index >= 15 is 0 Å². The molecule has 4 aromatic rings. The minimum absolute atomic E-state index is 0.0537. The van der Waals surface area contributed by atoms with Crippen molar-refractivity contribution in [2.24, 2.45) is 0 Å². The Hall–Kier alpha value is -3.26. The molecule has 0 amide bonds. The smallest absolute Gasteiger partial charge is 0.187 e. The molecule has 0 N–H and O–H groups in total. The molecule has 1 aliphatic heterocycles. The third kappa shape index (κ3) is 6.78. The second-order valence-electron chi connectivity index (χ2n) is 9.49. The predicted octanol–water partition coefficient (Wildman–Crippen LogP) is 6.25. The minimum atomic E-state index is -0.661. The van der Waals surface area contributed by atoms with Crippen LogP contribution in [0.15, 0.2) is 91.5 Å². The molecule has 2 atom stereocenters. The Balaban J connectivity index is 1.14. The summed E-state index contributed by atoms with van der Waals surface area (Å²) in [4.78, 5) is 4.20. The number of hydrogen-bond acceptors (Lipinski definition) is 6. The molecule has 2 unspecified atom stereocenters. The second kappa shape index (κ2) is 12.5. The maximum absolute atomic E-state index is 6.60. The zero-order valence-electron chi connectivity index (χ0n) is 21.9. The topological polar surface area (TPSA) is 54.7 Å². The van der Waals surface area contributed by atoms with Crippen molar-refractivity contribution in [1.82, 2.24) is 9.55 Å². The lowest BCUT2D eigenvalue weighted by atomic mass is 10.0. The van der Waals surface area contributed by atoms with Crippen molar-refractivity contribution in [2.75, 3.05) is 26.6 Å². The van der Waals surface area contributed by atoms with Crippen LogP contribution in [0.25, 0.3) is 11.1 Å². The number of aromatic nitrogens is 2. The summed E-state index contributed by atoms with van der Waals surface area (Å²) in [6, 6.07) is 25.1. The molecule has 7 heteroatoms. The normalized spacial score (nSPS) is 18.9. The molecule has 1 fully saturated rings. The number of rotatable bonds is 12. The number of methoxy groups -OCH3 is 2. The first-order valence-corrected chi connectivity index (χ1v) is 14.0. The quantitative estimate of drug-likeness (QED) is 0.216. The van der Waals surface area contributed by atoms with Gasteiger partial charge in [-0.25, -0.2) is 4.98 Å². The average molecular weight is 531 g/mol. The van der Waals surface area contributed by atoms with Crippen molar-refractivity contribution in [3.05, 3.63) is 103 Å². The standard InChI is InChI=1S/C31H34N2O4S/c1-34-28-11-5-24(6-12-28)15-16-31(22-33-18-17-32-23-33)36-19-30(37-31)21-38-20-25-3-7-26(8-4-25)27-9-13-29(35-2)14-10-27/h3-14,17-18,23,30H,15-16,19-22H2,1-2H3. The molecular weight excluding hydrogens is 496 g/mol. The van der Waals surface area contributed by atoms with Crippen molar-refractivity contribution in [2.45, 2.75) is 37.0 Å². The number of nitrogens with zero attached hydrogens (tertiary/aromatic N) is 2. The van der Waals surface area contributed by atoms with Crippen molar-refractivity contribution < 1.29 is 18.9 Å². The molecule has 1 aliphatic rings. The van der Waals surface area contributed by atoms with Gasteiger partial charge in [-0.05, 0) is 52.9 Å². The summed E-state index contributed by atoms with van der Waals surface area (Å²) in [5.41, 5.74) is 4.93. The van der Waals surface area contributed by atoms with Crippen LogP contribution in [0.2, 0.25) is 0 Å². The Morgan fingerprint density at radius 3 is 2.16 bits per heavy atom. The van der Waals surface area contributed by atoms with Gasteiger partial charge in [-0.3, -0.25) is 0 Å². The van der Waals surface area contributed by atoms with E-state index in [1.54, 1.807) is 20.4 Å². The first kappa shape index (κ1) is 26.4. The first-order valence-electron chi connectivity index (χ1n) is 12.9. The average Bonchev–Trinajstić information content (AvgIpc) is 3.63. The zero-order valence-corrected chi connectivity index (χ0v) is 22.7. The van der Waals surface area contributed by atoms with Gasteiger partial charge in [0.25, 0.3) is 0 Å². The summed E-state index contributed by atoms with van der Waals surface area (Å²) < 4.78 is 25.5. The lowest BCUT2D eigenvalue weighted by Gasteiger charge is -2.28.